The number of rotatable bonds is 3. The number of fused-ring (bicyclic) bond motifs is 3. The number of benzene rings is 1. The molecule has 3 aliphatic heterocycles. The highest BCUT2D eigenvalue weighted by Crippen LogP contribution is 2.27. The standard InChI is InChI=1S/C22H24N6O/c1-3-15-4-6-16(7-5-15)28-22(29)17-14-23-18-8-9-19(24-21(18)20(17)25-28)27-12-10-26(2)11-13-27/h4-9,14,23H,3,10-13H2,1-2H3. The average Bonchev–Trinajstić information content (AvgIpc) is 3.11. The van der Waals surface area contributed by atoms with Crippen LogP contribution in [0.1, 0.15) is 12.5 Å². The van der Waals surface area contributed by atoms with Gasteiger partial charge in [-0.05, 0) is 43.3 Å². The largest absolute Gasteiger partial charge is 0.359 e. The van der Waals surface area contributed by atoms with Gasteiger partial charge in [-0.15, -0.1) is 0 Å². The van der Waals surface area contributed by atoms with Gasteiger partial charge in [-0.2, -0.15) is 9.78 Å². The van der Waals surface area contributed by atoms with E-state index in [0.717, 1.165) is 55.1 Å². The summed E-state index contributed by atoms with van der Waals surface area (Å²) >= 11 is 0. The van der Waals surface area contributed by atoms with Gasteiger partial charge in [0.2, 0.25) is 0 Å². The maximum Gasteiger partial charge on any atom is 0.282 e. The number of hydrogen-bond acceptors (Lipinski definition) is 5. The zero-order valence-corrected chi connectivity index (χ0v) is 16.7. The minimum Gasteiger partial charge on any atom is -0.359 e. The molecule has 1 fully saturated rings. The average molecular weight is 388 g/mol. The molecule has 0 bridgehead atoms. The van der Waals surface area contributed by atoms with Crippen molar-refractivity contribution in [3.8, 4) is 16.9 Å². The number of H-pyrrole nitrogens is 1. The third-order valence-corrected chi connectivity index (χ3v) is 5.77. The van der Waals surface area contributed by atoms with Gasteiger partial charge in [-0.1, -0.05) is 19.1 Å². The molecule has 0 atom stereocenters. The molecule has 1 N–H and O–H groups in total. The highest BCUT2D eigenvalue weighted by Gasteiger charge is 2.22. The van der Waals surface area contributed by atoms with Crippen molar-refractivity contribution in [1.82, 2.24) is 24.6 Å². The number of aryl methyl sites for hydroxylation is 1. The van der Waals surface area contributed by atoms with Crippen molar-refractivity contribution in [2.75, 3.05) is 38.1 Å². The Bertz CT molecular complexity index is 1180. The van der Waals surface area contributed by atoms with E-state index in [1.807, 2.05) is 36.4 Å². The summed E-state index contributed by atoms with van der Waals surface area (Å²) in [6.45, 7) is 6.04. The normalized spacial score (nSPS) is 15.4. The van der Waals surface area contributed by atoms with Crippen LogP contribution in [0.5, 0.6) is 0 Å². The van der Waals surface area contributed by atoms with E-state index >= 15 is 0 Å². The first kappa shape index (κ1) is 17.9. The number of nitrogens with one attached hydrogen (secondary N) is 1. The Morgan fingerprint density at radius 1 is 1.03 bits per heavy atom. The molecule has 29 heavy (non-hydrogen) atoms. The molecule has 7 heteroatoms. The molecule has 4 heterocycles. The summed E-state index contributed by atoms with van der Waals surface area (Å²) in [5.74, 6) is 0.931. The lowest BCUT2D eigenvalue weighted by Gasteiger charge is -2.33. The van der Waals surface area contributed by atoms with Gasteiger partial charge >= 0.3 is 0 Å². The van der Waals surface area contributed by atoms with E-state index in [9.17, 15) is 4.79 Å². The van der Waals surface area contributed by atoms with Crippen LogP contribution in [-0.4, -0.2) is 57.9 Å². The minimum atomic E-state index is -0.130. The molecule has 0 aliphatic carbocycles. The number of likely N-dealkylation sites (N-methyl/N-ethyl adjacent to an activating group) is 1. The second-order valence-electron chi connectivity index (χ2n) is 7.64. The van der Waals surface area contributed by atoms with Crippen molar-refractivity contribution < 1.29 is 0 Å². The van der Waals surface area contributed by atoms with Crippen molar-refractivity contribution in [2.24, 2.45) is 0 Å². The molecule has 148 valence electrons. The SMILES string of the molecule is CCc1ccc(-n2nc3c4nc(N5CCN(C)CC5)ccc4[nH]cc-3c2=O)cc1. The number of nitrogens with zero attached hydrogens (tertiary/aromatic N) is 5. The first-order valence-corrected chi connectivity index (χ1v) is 10.1. The Balaban J connectivity index is 1.61. The van der Waals surface area contributed by atoms with E-state index in [4.69, 9.17) is 4.98 Å². The monoisotopic (exact) mass is 388 g/mol. The molecule has 1 aromatic heterocycles. The van der Waals surface area contributed by atoms with Crippen LogP contribution in [0, 0.1) is 0 Å². The van der Waals surface area contributed by atoms with Crippen LogP contribution in [0.25, 0.3) is 28.0 Å². The molecule has 3 aliphatic rings. The number of hydrogen-bond donors (Lipinski definition) is 1. The molecule has 1 aromatic carbocycles. The predicted octanol–water partition coefficient (Wildman–Crippen LogP) is 2.53. The number of piperazine rings is 1. The first-order valence-electron chi connectivity index (χ1n) is 10.1. The summed E-state index contributed by atoms with van der Waals surface area (Å²) in [6, 6.07) is 12.0. The number of anilines is 1. The van der Waals surface area contributed by atoms with E-state index < -0.39 is 0 Å². The molecule has 7 nitrogen and oxygen atoms in total. The molecule has 5 rings (SSSR count). The van der Waals surface area contributed by atoms with E-state index in [0.29, 0.717) is 11.3 Å². The summed E-state index contributed by atoms with van der Waals surface area (Å²) in [7, 11) is 2.14. The molecular weight excluding hydrogens is 364 g/mol. The smallest absolute Gasteiger partial charge is 0.282 e. The molecule has 0 unspecified atom stereocenters. The van der Waals surface area contributed by atoms with Crippen molar-refractivity contribution in [1.29, 1.82) is 0 Å². The number of aromatic amines is 1. The lowest BCUT2D eigenvalue weighted by atomic mass is 10.1. The molecule has 2 aromatic rings. The maximum atomic E-state index is 13.0. The van der Waals surface area contributed by atoms with Gasteiger partial charge in [-0.25, -0.2) is 4.98 Å². The van der Waals surface area contributed by atoms with Crippen LogP contribution < -0.4 is 10.5 Å². The fourth-order valence-corrected chi connectivity index (χ4v) is 3.87. The Kier molecular flexibility index (Phi) is 4.32. The van der Waals surface area contributed by atoms with Gasteiger partial charge in [-0.3, -0.25) is 4.79 Å². The molecule has 0 radical (unpaired) electrons. The van der Waals surface area contributed by atoms with Crippen LogP contribution in [0.15, 0.2) is 47.4 Å². The van der Waals surface area contributed by atoms with Crippen molar-refractivity contribution in [2.45, 2.75) is 13.3 Å². The van der Waals surface area contributed by atoms with Gasteiger partial charge in [0.05, 0.1) is 16.8 Å². The van der Waals surface area contributed by atoms with Gasteiger partial charge < -0.3 is 14.8 Å². The second kappa shape index (κ2) is 7.00. The second-order valence-corrected chi connectivity index (χ2v) is 7.64. The highest BCUT2D eigenvalue weighted by molar-refractivity contribution is 5.91. The molecule has 0 amide bonds. The first-order chi connectivity index (χ1) is 14.1. The summed E-state index contributed by atoms with van der Waals surface area (Å²) < 4.78 is 1.47. The predicted molar refractivity (Wildman–Crippen MR) is 115 cm³/mol. The third-order valence-electron chi connectivity index (χ3n) is 5.77. The van der Waals surface area contributed by atoms with Crippen LogP contribution >= 0.6 is 0 Å². The Morgan fingerprint density at radius 3 is 2.52 bits per heavy atom. The van der Waals surface area contributed by atoms with Gasteiger partial charge in [0.25, 0.3) is 5.56 Å². The van der Waals surface area contributed by atoms with Crippen LogP contribution in [-0.2, 0) is 6.42 Å². The van der Waals surface area contributed by atoms with E-state index in [2.05, 4.69) is 33.9 Å². The Labute approximate surface area is 168 Å². The third kappa shape index (κ3) is 3.07. The lowest BCUT2D eigenvalue weighted by Crippen LogP contribution is -2.44. The number of aromatic nitrogens is 4. The van der Waals surface area contributed by atoms with E-state index in [-0.39, 0.29) is 5.56 Å². The Morgan fingerprint density at radius 2 is 1.79 bits per heavy atom. The summed E-state index contributed by atoms with van der Waals surface area (Å²) in [6.07, 6.45) is 2.70. The molecule has 0 saturated carbocycles. The molecule has 1 saturated heterocycles. The van der Waals surface area contributed by atoms with Crippen LogP contribution in [0.3, 0.4) is 0 Å². The van der Waals surface area contributed by atoms with Crippen molar-refractivity contribution in [3.63, 3.8) is 0 Å². The zero-order valence-electron chi connectivity index (χ0n) is 16.7. The van der Waals surface area contributed by atoms with Gasteiger partial charge in [0.15, 0.2) is 0 Å². The van der Waals surface area contributed by atoms with E-state index in [1.165, 1.54) is 10.2 Å². The fourth-order valence-electron chi connectivity index (χ4n) is 3.87. The lowest BCUT2D eigenvalue weighted by molar-refractivity contribution is 0.312. The fraction of sp³-hybridized carbons (Fsp3) is 0.318. The van der Waals surface area contributed by atoms with Crippen molar-refractivity contribution >= 4 is 16.9 Å². The quantitative estimate of drug-likeness (QED) is 0.584. The highest BCUT2D eigenvalue weighted by atomic mass is 16.1. The zero-order chi connectivity index (χ0) is 20.0. The maximum absolute atomic E-state index is 13.0. The van der Waals surface area contributed by atoms with Crippen LogP contribution in [0.2, 0.25) is 0 Å². The van der Waals surface area contributed by atoms with Crippen molar-refractivity contribution in [3.05, 3.63) is 58.5 Å². The topological polar surface area (TPSA) is 70.1 Å². The number of pyridine rings is 2. The van der Waals surface area contributed by atoms with Gasteiger partial charge in [0, 0.05) is 32.4 Å². The molecule has 0 spiro atoms. The van der Waals surface area contributed by atoms with E-state index in [1.54, 1.807) is 6.20 Å². The summed E-state index contributed by atoms with van der Waals surface area (Å²) in [5.41, 5.74) is 4.68. The van der Waals surface area contributed by atoms with Crippen LogP contribution in [0.4, 0.5) is 5.82 Å². The molecular formula is C22H24N6O. The van der Waals surface area contributed by atoms with Gasteiger partial charge in [0.1, 0.15) is 17.0 Å². The summed E-state index contributed by atoms with van der Waals surface area (Å²) in [5, 5.41) is 4.66. The Hall–Kier alpha value is -3.19. The summed E-state index contributed by atoms with van der Waals surface area (Å²) in [4.78, 5) is 25.7. The minimum absolute atomic E-state index is 0.130.